The maximum Gasteiger partial charge on any atom is 0.0969 e. The van der Waals surface area contributed by atoms with Crippen LogP contribution in [0.5, 0.6) is 0 Å². The molecule has 0 unspecified atom stereocenters. The number of nitrogens with one attached hydrogen (secondary N) is 1. The van der Waals surface area contributed by atoms with Crippen LogP contribution in [0, 0.1) is 5.92 Å². The van der Waals surface area contributed by atoms with Crippen LogP contribution in [-0.2, 0) is 0 Å². The van der Waals surface area contributed by atoms with Crippen molar-refractivity contribution in [3.05, 3.63) is 0 Å². The second kappa shape index (κ2) is 6.16. The summed E-state index contributed by atoms with van der Waals surface area (Å²) in [5, 5.41) is 3.02. The van der Waals surface area contributed by atoms with Crippen molar-refractivity contribution in [1.29, 1.82) is 0 Å². The van der Waals surface area contributed by atoms with Gasteiger partial charge in [-0.15, -0.1) is 0 Å². The molecule has 3 heteroatoms. The van der Waals surface area contributed by atoms with Gasteiger partial charge < -0.3 is 11.1 Å². The summed E-state index contributed by atoms with van der Waals surface area (Å²) in [7, 11) is 1.79. The fraction of sp³-hybridized carbons (Fsp3) is 0.875. The highest BCUT2D eigenvalue weighted by atomic mass is 15.0. The highest BCUT2D eigenvalue weighted by molar-refractivity contribution is 5.81. The van der Waals surface area contributed by atoms with Crippen LogP contribution < -0.4 is 11.1 Å². The first-order chi connectivity index (χ1) is 5.20. The number of amidine groups is 1. The monoisotopic (exact) mass is 157 g/mol. The average molecular weight is 157 g/mol. The van der Waals surface area contributed by atoms with Gasteiger partial charge in [0.05, 0.1) is 12.5 Å². The van der Waals surface area contributed by atoms with Crippen molar-refractivity contribution in [2.24, 2.45) is 16.6 Å². The van der Waals surface area contributed by atoms with Gasteiger partial charge in [-0.1, -0.05) is 13.8 Å². The van der Waals surface area contributed by atoms with Gasteiger partial charge in [-0.05, 0) is 12.3 Å². The summed E-state index contributed by atoms with van der Waals surface area (Å²) in [6.07, 6.45) is 2.17. The van der Waals surface area contributed by atoms with Gasteiger partial charge in [0.25, 0.3) is 0 Å². The zero-order chi connectivity index (χ0) is 8.69. The summed E-state index contributed by atoms with van der Waals surface area (Å²) < 4.78 is 0. The van der Waals surface area contributed by atoms with Crippen LogP contribution in [0.3, 0.4) is 0 Å². The number of hydrogen-bond donors (Lipinski definition) is 2. The maximum absolute atomic E-state index is 5.32. The molecule has 0 atom stereocenters. The molecule has 0 aliphatic carbocycles. The van der Waals surface area contributed by atoms with Crippen LogP contribution >= 0.6 is 0 Å². The van der Waals surface area contributed by atoms with Crippen molar-refractivity contribution < 1.29 is 0 Å². The molecule has 0 heterocycles. The van der Waals surface area contributed by atoms with Gasteiger partial charge >= 0.3 is 0 Å². The molecule has 0 fully saturated rings. The van der Waals surface area contributed by atoms with Gasteiger partial charge in [0.1, 0.15) is 0 Å². The lowest BCUT2D eigenvalue weighted by Gasteiger charge is -2.08. The zero-order valence-electron chi connectivity index (χ0n) is 7.72. The molecule has 0 aromatic rings. The number of nitrogens with zero attached hydrogens (tertiary/aromatic N) is 1. The third-order valence-electron chi connectivity index (χ3n) is 1.53. The summed E-state index contributed by atoms with van der Waals surface area (Å²) >= 11 is 0. The summed E-state index contributed by atoms with van der Waals surface area (Å²) in [5.74, 6) is 1.74. The van der Waals surface area contributed by atoms with E-state index in [1.54, 1.807) is 7.05 Å². The van der Waals surface area contributed by atoms with E-state index < -0.39 is 0 Å². The van der Waals surface area contributed by atoms with Gasteiger partial charge in [-0.3, -0.25) is 4.99 Å². The van der Waals surface area contributed by atoms with Crippen molar-refractivity contribution in [3.63, 3.8) is 0 Å². The van der Waals surface area contributed by atoms with E-state index in [4.69, 9.17) is 5.73 Å². The predicted molar refractivity (Wildman–Crippen MR) is 49.6 cm³/mol. The average Bonchev–Trinajstić information content (AvgIpc) is 1.97. The molecule has 0 radical (unpaired) electrons. The van der Waals surface area contributed by atoms with Gasteiger partial charge in [-0.25, -0.2) is 0 Å². The standard InChI is InChI=1S/C8H19N3/c1-7(2)4-5-8(10-3)11-6-9/h7H,4-6,9H2,1-3H3,(H,10,11). The zero-order valence-corrected chi connectivity index (χ0v) is 7.72. The maximum atomic E-state index is 5.32. The van der Waals surface area contributed by atoms with E-state index in [1.165, 1.54) is 6.42 Å². The minimum Gasteiger partial charge on any atom is -0.362 e. The molecule has 0 bridgehead atoms. The van der Waals surface area contributed by atoms with E-state index in [-0.39, 0.29) is 0 Å². The third kappa shape index (κ3) is 5.85. The van der Waals surface area contributed by atoms with Crippen molar-refractivity contribution in [3.8, 4) is 0 Å². The second-order valence-electron chi connectivity index (χ2n) is 2.98. The number of rotatable bonds is 4. The Hall–Kier alpha value is -0.570. The predicted octanol–water partition coefficient (Wildman–Crippen LogP) is 0.957. The van der Waals surface area contributed by atoms with Gasteiger partial charge in [0, 0.05) is 13.5 Å². The molecule has 0 aliphatic heterocycles. The molecular weight excluding hydrogens is 138 g/mol. The number of aliphatic imine (C=N–C) groups is 1. The molecule has 3 nitrogen and oxygen atoms in total. The lowest BCUT2D eigenvalue weighted by molar-refractivity contribution is 0.597. The molecule has 0 aliphatic rings. The van der Waals surface area contributed by atoms with E-state index in [9.17, 15) is 0 Å². The Labute approximate surface area is 69.1 Å². The van der Waals surface area contributed by atoms with E-state index in [0.717, 1.165) is 18.2 Å². The fourth-order valence-electron chi connectivity index (χ4n) is 0.822. The lowest BCUT2D eigenvalue weighted by atomic mass is 10.1. The van der Waals surface area contributed by atoms with Crippen LogP contribution in [0.4, 0.5) is 0 Å². The quantitative estimate of drug-likeness (QED) is 0.363. The first-order valence-corrected chi connectivity index (χ1v) is 4.10. The van der Waals surface area contributed by atoms with Crippen molar-refractivity contribution >= 4 is 5.84 Å². The van der Waals surface area contributed by atoms with Crippen molar-refractivity contribution in [2.45, 2.75) is 26.7 Å². The normalized spacial score (nSPS) is 12.3. The molecule has 0 aromatic heterocycles. The summed E-state index contributed by atoms with van der Waals surface area (Å²) in [5.41, 5.74) is 5.32. The van der Waals surface area contributed by atoms with Gasteiger partial charge in [0.2, 0.25) is 0 Å². The Morgan fingerprint density at radius 2 is 2.18 bits per heavy atom. The molecule has 3 N–H and O–H groups in total. The third-order valence-corrected chi connectivity index (χ3v) is 1.53. The largest absolute Gasteiger partial charge is 0.362 e. The number of hydrogen-bond acceptors (Lipinski definition) is 2. The molecule has 0 saturated carbocycles. The van der Waals surface area contributed by atoms with Crippen LogP contribution in [0.25, 0.3) is 0 Å². The van der Waals surface area contributed by atoms with Crippen LogP contribution in [-0.4, -0.2) is 19.6 Å². The molecule has 0 rings (SSSR count). The van der Waals surface area contributed by atoms with Crippen molar-refractivity contribution in [1.82, 2.24) is 5.32 Å². The first kappa shape index (κ1) is 10.4. The Balaban J connectivity index is 3.53. The Kier molecular flexibility index (Phi) is 5.84. The Morgan fingerprint density at radius 3 is 2.55 bits per heavy atom. The van der Waals surface area contributed by atoms with Gasteiger partial charge in [-0.2, -0.15) is 0 Å². The highest BCUT2D eigenvalue weighted by Crippen LogP contribution is 2.03. The minimum absolute atomic E-state index is 0.477. The molecule has 0 saturated heterocycles. The molecular formula is C8H19N3. The molecule has 0 aromatic carbocycles. The van der Waals surface area contributed by atoms with Gasteiger partial charge in [0.15, 0.2) is 0 Å². The summed E-state index contributed by atoms with van der Waals surface area (Å²) in [4.78, 5) is 4.08. The number of nitrogens with two attached hydrogens (primary N) is 1. The second-order valence-corrected chi connectivity index (χ2v) is 2.98. The van der Waals surface area contributed by atoms with E-state index in [2.05, 4.69) is 24.2 Å². The first-order valence-electron chi connectivity index (χ1n) is 4.10. The highest BCUT2D eigenvalue weighted by Gasteiger charge is 1.98. The Morgan fingerprint density at radius 1 is 1.55 bits per heavy atom. The van der Waals surface area contributed by atoms with Crippen LogP contribution in [0.15, 0.2) is 4.99 Å². The molecule has 66 valence electrons. The molecule has 0 amide bonds. The lowest BCUT2D eigenvalue weighted by Crippen LogP contribution is -2.29. The SMILES string of the molecule is CN=C(CCC(C)C)NCN. The summed E-state index contributed by atoms with van der Waals surface area (Å²) in [6.45, 7) is 4.89. The van der Waals surface area contributed by atoms with Crippen LogP contribution in [0.2, 0.25) is 0 Å². The molecule has 0 spiro atoms. The van der Waals surface area contributed by atoms with Crippen molar-refractivity contribution in [2.75, 3.05) is 13.7 Å². The summed E-state index contributed by atoms with van der Waals surface area (Å²) in [6, 6.07) is 0. The fourth-order valence-corrected chi connectivity index (χ4v) is 0.822. The Bertz CT molecular complexity index is 119. The van der Waals surface area contributed by atoms with E-state index in [0.29, 0.717) is 6.67 Å². The van der Waals surface area contributed by atoms with E-state index >= 15 is 0 Å². The molecule has 11 heavy (non-hydrogen) atoms. The minimum atomic E-state index is 0.477. The van der Waals surface area contributed by atoms with E-state index in [1.807, 2.05) is 0 Å². The van der Waals surface area contributed by atoms with Crippen LogP contribution in [0.1, 0.15) is 26.7 Å². The smallest absolute Gasteiger partial charge is 0.0969 e. The topological polar surface area (TPSA) is 50.4 Å².